The Hall–Kier alpha value is -2.37. The Bertz CT molecular complexity index is 1000. The van der Waals surface area contributed by atoms with Crippen LogP contribution in [0.4, 0.5) is 0 Å². The summed E-state index contributed by atoms with van der Waals surface area (Å²) in [6.45, 7) is 8.47. The van der Waals surface area contributed by atoms with Crippen LogP contribution in [-0.2, 0) is 20.5 Å². The van der Waals surface area contributed by atoms with E-state index in [0.717, 1.165) is 24.8 Å². The third-order valence-corrected chi connectivity index (χ3v) is 7.78. The molecule has 2 fully saturated rings. The van der Waals surface area contributed by atoms with Crippen molar-refractivity contribution < 1.29 is 18.8 Å². The molecule has 0 aromatic heterocycles. The van der Waals surface area contributed by atoms with Crippen LogP contribution in [0.1, 0.15) is 81.3 Å². The average molecular weight is 460 g/mol. The predicted molar refractivity (Wildman–Crippen MR) is 138 cm³/mol. The number of methoxy groups -OCH3 is 1. The number of benzene rings is 2. The number of rotatable bonds is 6. The lowest BCUT2D eigenvalue weighted by atomic mass is 9.63. The summed E-state index contributed by atoms with van der Waals surface area (Å²) in [5, 5.41) is 0. The number of esters is 1. The largest absolute Gasteiger partial charge is 0.491 e. The maximum absolute atomic E-state index is 12.0. The van der Waals surface area contributed by atoms with Gasteiger partial charge in [-0.3, -0.25) is 0 Å². The van der Waals surface area contributed by atoms with E-state index < -0.39 is 11.2 Å². The van der Waals surface area contributed by atoms with Crippen molar-refractivity contribution in [2.75, 3.05) is 7.11 Å². The van der Waals surface area contributed by atoms with Gasteiger partial charge in [-0.1, -0.05) is 61.7 Å². The van der Waals surface area contributed by atoms with Gasteiger partial charge in [0.1, 0.15) is 0 Å². The third-order valence-electron chi connectivity index (χ3n) is 7.78. The number of allylic oxidation sites excluding steroid dienone is 2. The minimum absolute atomic E-state index is 0.321. The van der Waals surface area contributed by atoms with Gasteiger partial charge in [-0.25, -0.2) is 4.79 Å². The van der Waals surface area contributed by atoms with Crippen LogP contribution in [0.3, 0.4) is 0 Å². The normalized spacial score (nSPS) is 20.7. The Morgan fingerprint density at radius 3 is 2.00 bits per heavy atom. The van der Waals surface area contributed by atoms with Gasteiger partial charge in [-0.15, -0.1) is 0 Å². The van der Waals surface area contributed by atoms with Gasteiger partial charge in [0.15, 0.2) is 0 Å². The SMILES string of the molecule is COC(=O)c1ccc(/C(Cc2ccccc2)=C(/B2OC(C)(C)C(C)(C)O2)C2CCCCC2)cc1. The Morgan fingerprint density at radius 1 is 0.882 bits per heavy atom. The van der Waals surface area contributed by atoms with Crippen molar-refractivity contribution in [3.8, 4) is 0 Å². The molecule has 0 atom stereocenters. The summed E-state index contributed by atoms with van der Waals surface area (Å²) in [7, 11) is 1.03. The maximum Gasteiger partial charge on any atom is 0.491 e. The molecule has 4 nitrogen and oxygen atoms in total. The van der Waals surface area contributed by atoms with Crippen molar-refractivity contribution in [1.29, 1.82) is 0 Å². The lowest BCUT2D eigenvalue weighted by molar-refractivity contribution is 0.00578. The zero-order valence-electron chi connectivity index (χ0n) is 21.2. The van der Waals surface area contributed by atoms with Gasteiger partial charge in [0.2, 0.25) is 0 Å². The van der Waals surface area contributed by atoms with Gasteiger partial charge in [0.25, 0.3) is 0 Å². The second-order valence-corrected chi connectivity index (χ2v) is 10.6. The maximum atomic E-state index is 12.0. The van der Waals surface area contributed by atoms with Crippen LogP contribution in [0.25, 0.3) is 5.57 Å². The van der Waals surface area contributed by atoms with E-state index in [0.29, 0.717) is 11.5 Å². The van der Waals surface area contributed by atoms with Crippen molar-refractivity contribution in [2.45, 2.75) is 77.4 Å². The molecule has 0 unspecified atom stereocenters. The summed E-state index contributed by atoms with van der Waals surface area (Å²) >= 11 is 0. The zero-order chi connectivity index (χ0) is 24.3. The summed E-state index contributed by atoms with van der Waals surface area (Å²) < 4.78 is 18.2. The van der Waals surface area contributed by atoms with Crippen LogP contribution in [0, 0.1) is 5.92 Å². The molecule has 1 aliphatic heterocycles. The fourth-order valence-electron chi connectivity index (χ4n) is 5.06. The Labute approximate surface area is 204 Å². The molecular weight excluding hydrogens is 423 g/mol. The first-order valence-corrected chi connectivity index (χ1v) is 12.5. The van der Waals surface area contributed by atoms with Gasteiger partial charge < -0.3 is 14.0 Å². The molecule has 1 aliphatic carbocycles. The van der Waals surface area contributed by atoms with Gasteiger partial charge in [0, 0.05) is 0 Å². The number of carbonyl (C=O) groups is 1. The number of carbonyl (C=O) groups excluding carboxylic acids is 1. The topological polar surface area (TPSA) is 44.8 Å². The Morgan fingerprint density at radius 2 is 1.44 bits per heavy atom. The van der Waals surface area contributed by atoms with Crippen molar-refractivity contribution in [1.82, 2.24) is 0 Å². The van der Waals surface area contributed by atoms with Crippen LogP contribution in [0.15, 0.2) is 60.1 Å². The lowest BCUT2D eigenvalue weighted by Crippen LogP contribution is -2.41. The monoisotopic (exact) mass is 460 g/mol. The summed E-state index contributed by atoms with van der Waals surface area (Å²) in [6.07, 6.45) is 6.83. The zero-order valence-corrected chi connectivity index (χ0v) is 21.2. The number of hydrogen-bond acceptors (Lipinski definition) is 4. The fraction of sp³-hybridized carbons (Fsp3) is 0.483. The molecule has 1 saturated heterocycles. The molecule has 2 aromatic rings. The van der Waals surface area contributed by atoms with Crippen LogP contribution < -0.4 is 0 Å². The highest BCUT2D eigenvalue weighted by atomic mass is 16.7. The van der Waals surface area contributed by atoms with E-state index in [1.807, 2.05) is 30.3 Å². The molecule has 180 valence electrons. The molecule has 4 rings (SSSR count). The molecule has 5 heteroatoms. The van der Waals surface area contributed by atoms with Gasteiger partial charge in [-0.2, -0.15) is 0 Å². The lowest BCUT2D eigenvalue weighted by Gasteiger charge is -2.32. The van der Waals surface area contributed by atoms with Gasteiger partial charge >= 0.3 is 13.1 Å². The molecule has 0 bridgehead atoms. The summed E-state index contributed by atoms with van der Waals surface area (Å²) in [5.41, 5.74) is 4.63. The van der Waals surface area contributed by atoms with E-state index in [9.17, 15) is 4.79 Å². The van der Waals surface area contributed by atoms with Crippen molar-refractivity contribution in [2.24, 2.45) is 5.92 Å². The third kappa shape index (κ3) is 5.16. The van der Waals surface area contributed by atoms with Crippen molar-refractivity contribution in [3.05, 3.63) is 76.8 Å². The fourth-order valence-corrected chi connectivity index (χ4v) is 5.06. The second kappa shape index (κ2) is 10.1. The van der Waals surface area contributed by atoms with E-state index in [1.54, 1.807) is 0 Å². The molecule has 0 radical (unpaired) electrons. The first-order valence-electron chi connectivity index (χ1n) is 12.5. The van der Waals surface area contributed by atoms with Crippen LogP contribution in [0.5, 0.6) is 0 Å². The highest BCUT2D eigenvalue weighted by Gasteiger charge is 2.53. The number of hydrogen-bond donors (Lipinski definition) is 0. The highest BCUT2D eigenvalue weighted by molar-refractivity contribution is 6.56. The molecular formula is C29H37BO4. The van der Waals surface area contributed by atoms with E-state index in [-0.39, 0.29) is 13.1 Å². The molecule has 34 heavy (non-hydrogen) atoms. The molecule has 0 spiro atoms. The highest BCUT2D eigenvalue weighted by Crippen LogP contribution is 2.45. The van der Waals surface area contributed by atoms with Crippen LogP contribution in [0.2, 0.25) is 0 Å². The summed E-state index contributed by atoms with van der Waals surface area (Å²) in [4.78, 5) is 12.0. The Kier molecular flexibility index (Phi) is 7.35. The van der Waals surface area contributed by atoms with E-state index in [4.69, 9.17) is 14.0 Å². The molecule has 1 saturated carbocycles. The molecule has 2 aromatic carbocycles. The van der Waals surface area contributed by atoms with Gasteiger partial charge in [0.05, 0.1) is 23.9 Å². The first kappa shape index (κ1) is 24.7. The summed E-state index contributed by atoms with van der Waals surface area (Å²) in [5.74, 6) is 0.0982. The Balaban J connectivity index is 1.85. The minimum Gasteiger partial charge on any atom is -0.465 e. The van der Waals surface area contributed by atoms with Gasteiger partial charge in [-0.05, 0) is 87.2 Å². The standard InChI is InChI=1S/C29H37BO4/c1-28(2)29(3,4)34-30(33-28)26(23-14-10-7-11-15-23)25(20-21-12-8-6-9-13-21)22-16-18-24(19-17-22)27(31)32-5/h6,8-9,12-13,16-19,23H,7,10-11,14-15,20H2,1-5H3/b26-25+. The quantitative estimate of drug-likeness (QED) is 0.356. The smallest absolute Gasteiger partial charge is 0.465 e. The van der Waals surface area contributed by atoms with E-state index >= 15 is 0 Å². The summed E-state index contributed by atoms with van der Waals surface area (Å²) in [6, 6.07) is 18.4. The van der Waals surface area contributed by atoms with Crippen molar-refractivity contribution >= 4 is 18.7 Å². The van der Waals surface area contributed by atoms with E-state index in [2.05, 4.69) is 52.0 Å². The average Bonchev–Trinajstić information content (AvgIpc) is 3.05. The van der Waals surface area contributed by atoms with Crippen LogP contribution in [-0.4, -0.2) is 31.4 Å². The molecule has 0 N–H and O–H groups in total. The minimum atomic E-state index is -0.399. The van der Waals surface area contributed by atoms with Crippen LogP contribution >= 0.6 is 0 Å². The number of ether oxygens (including phenoxy) is 1. The predicted octanol–water partition coefficient (Wildman–Crippen LogP) is 6.68. The van der Waals surface area contributed by atoms with E-state index in [1.165, 1.54) is 43.0 Å². The first-order chi connectivity index (χ1) is 16.2. The molecule has 1 heterocycles. The molecule has 2 aliphatic rings. The van der Waals surface area contributed by atoms with Crippen molar-refractivity contribution in [3.63, 3.8) is 0 Å². The second-order valence-electron chi connectivity index (χ2n) is 10.6. The molecule has 0 amide bonds.